The van der Waals surface area contributed by atoms with Crippen molar-refractivity contribution in [3.8, 4) is 0 Å². The molecule has 1 N–H and O–H groups in total. The summed E-state index contributed by atoms with van der Waals surface area (Å²) >= 11 is 3.32. The number of pyridine rings is 2. The summed E-state index contributed by atoms with van der Waals surface area (Å²) in [5.74, 6) is 0.327. The molecular formula is C16H12BrN3O. The Morgan fingerprint density at radius 3 is 2.76 bits per heavy atom. The van der Waals surface area contributed by atoms with Gasteiger partial charge in [-0.25, -0.2) is 4.98 Å². The lowest BCUT2D eigenvalue weighted by Gasteiger charge is -2.08. The third kappa shape index (κ3) is 2.92. The zero-order chi connectivity index (χ0) is 14.8. The van der Waals surface area contributed by atoms with Gasteiger partial charge in [0, 0.05) is 21.7 Å². The molecule has 1 amide bonds. The average molecular weight is 342 g/mol. The molecule has 0 unspecified atom stereocenters. The van der Waals surface area contributed by atoms with Crippen molar-refractivity contribution in [1.29, 1.82) is 0 Å². The minimum Gasteiger partial charge on any atom is -0.307 e. The Labute approximate surface area is 130 Å². The van der Waals surface area contributed by atoms with Crippen LogP contribution in [-0.4, -0.2) is 15.9 Å². The van der Waals surface area contributed by atoms with Crippen LogP contribution in [0.25, 0.3) is 10.9 Å². The van der Waals surface area contributed by atoms with Crippen LogP contribution in [0.1, 0.15) is 16.1 Å². The summed E-state index contributed by atoms with van der Waals surface area (Å²) in [7, 11) is 0. The highest BCUT2D eigenvalue weighted by Gasteiger charge is 2.12. The lowest BCUT2D eigenvalue weighted by molar-refractivity contribution is 0.102. The summed E-state index contributed by atoms with van der Waals surface area (Å²) in [6, 6.07) is 13.0. The second-order valence-electron chi connectivity index (χ2n) is 4.64. The molecule has 5 heteroatoms. The number of amides is 1. The molecule has 0 saturated carbocycles. The minimum absolute atomic E-state index is 0.188. The molecule has 4 nitrogen and oxygen atoms in total. The molecule has 1 aromatic carbocycles. The van der Waals surface area contributed by atoms with E-state index in [9.17, 15) is 4.79 Å². The van der Waals surface area contributed by atoms with E-state index in [-0.39, 0.29) is 5.91 Å². The number of nitrogens with one attached hydrogen (secondary N) is 1. The summed E-state index contributed by atoms with van der Waals surface area (Å²) in [5, 5.41) is 3.64. The number of carbonyl (C=O) groups excluding carboxylic acids is 1. The van der Waals surface area contributed by atoms with Crippen molar-refractivity contribution < 1.29 is 4.79 Å². The van der Waals surface area contributed by atoms with Gasteiger partial charge < -0.3 is 5.32 Å². The van der Waals surface area contributed by atoms with Crippen LogP contribution in [0.3, 0.4) is 0 Å². The van der Waals surface area contributed by atoms with E-state index in [4.69, 9.17) is 0 Å². The average Bonchev–Trinajstić information content (AvgIpc) is 2.48. The molecule has 3 rings (SSSR count). The van der Waals surface area contributed by atoms with Crippen LogP contribution in [0, 0.1) is 6.92 Å². The topological polar surface area (TPSA) is 54.9 Å². The fraction of sp³-hybridized carbons (Fsp3) is 0.0625. The number of aromatic nitrogens is 2. The SMILES string of the molecule is Cc1cc(C(=O)Nc2ccc(Br)cn2)c2ccccc2n1. The molecular weight excluding hydrogens is 330 g/mol. The van der Waals surface area contributed by atoms with Crippen molar-refractivity contribution in [3.05, 3.63) is 64.4 Å². The van der Waals surface area contributed by atoms with Gasteiger partial charge in [0.25, 0.3) is 5.91 Å². The Hall–Kier alpha value is -2.27. The molecule has 21 heavy (non-hydrogen) atoms. The van der Waals surface area contributed by atoms with Crippen LogP contribution >= 0.6 is 15.9 Å². The lowest BCUT2D eigenvalue weighted by atomic mass is 10.1. The predicted molar refractivity (Wildman–Crippen MR) is 86.4 cm³/mol. The van der Waals surface area contributed by atoms with Crippen LogP contribution in [-0.2, 0) is 0 Å². The maximum Gasteiger partial charge on any atom is 0.257 e. The zero-order valence-electron chi connectivity index (χ0n) is 11.3. The minimum atomic E-state index is -0.188. The molecule has 0 bridgehead atoms. The summed E-state index contributed by atoms with van der Waals surface area (Å²) in [5.41, 5.74) is 2.22. The van der Waals surface area contributed by atoms with Crippen LogP contribution in [0.2, 0.25) is 0 Å². The van der Waals surface area contributed by atoms with E-state index in [2.05, 4.69) is 31.2 Å². The third-order valence-corrected chi connectivity index (χ3v) is 3.53. The predicted octanol–water partition coefficient (Wildman–Crippen LogP) is 3.95. The number of para-hydroxylation sites is 1. The number of carbonyl (C=O) groups is 1. The van der Waals surface area contributed by atoms with Crippen LogP contribution in [0.5, 0.6) is 0 Å². The van der Waals surface area contributed by atoms with E-state index < -0.39 is 0 Å². The number of nitrogens with zero attached hydrogens (tertiary/aromatic N) is 2. The molecule has 0 atom stereocenters. The Balaban J connectivity index is 1.99. The number of aryl methyl sites for hydroxylation is 1. The highest BCUT2D eigenvalue weighted by Crippen LogP contribution is 2.19. The first-order valence-electron chi connectivity index (χ1n) is 6.43. The molecule has 0 saturated heterocycles. The van der Waals surface area contributed by atoms with E-state index >= 15 is 0 Å². The quantitative estimate of drug-likeness (QED) is 0.767. The number of anilines is 1. The van der Waals surface area contributed by atoms with Gasteiger partial charge in [0.15, 0.2) is 0 Å². The van der Waals surface area contributed by atoms with Gasteiger partial charge in [0.1, 0.15) is 5.82 Å². The lowest BCUT2D eigenvalue weighted by Crippen LogP contribution is -2.14. The van der Waals surface area contributed by atoms with Crippen molar-refractivity contribution in [3.63, 3.8) is 0 Å². The first-order valence-corrected chi connectivity index (χ1v) is 7.22. The third-order valence-electron chi connectivity index (χ3n) is 3.06. The molecule has 2 heterocycles. The van der Waals surface area contributed by atoms with Crippen LogP contribution in [0.15, 0.2) is 53.1 Å². The van der Waals surface area contributed by atoms with Crippen molar-refractivity contribution >= 4 is 38.6 Å². The molecule has 0 aliphatic rings. The van der Waals surface area contributed by atoms with Gasteiger partial charge in [0.2, 0.25) is 0 Å². The molecule has 104 valence electrons. The van der Waals surface area contributed by atoms with E-state index in [1.54, 1.807) is 18.3 Å². The van der Waals surface area contributed by atoms with Gasteiger partial charge in [-0.1, -0.05) is 18.2 Å². The van der Waals surface area contributed by atoms with Crippen molar-refractivity contribution in [1.82, 2.24) is 9.97 Å². The summed E-state index contributed by atoms with van der Waals surface area (Å²) < 4.78 is 0.866. The number of benzene rings is 1. The van der Waals surface area contributed by atoms with Crippen molar-refractivity contribution in [2.24, 2.45) is 0 Å². The van der Waals surface area contributed by atoms with E-state index in [1.165, 1.54) is 0 Å². The number of rotatable bonds is 2. The first kappa shape index (κ1) is 13.7. The molecule has 0 aliphatic heterocycles. The monoisotopic (exact) mass is 341 g/mol. The Kier molecular flexibility index (Phi) is 3.66. The van der Waals surface area contributed by atoms with Crippen molar-refractivity contribution in [2.45, 2.75) is 6.92 Å². The number of hydrogen-bond donors (Lipinski definition) is 1. The Bertz CT molecular complexity index is 815. The first-order chi connectivity index (χ1) is 10.1. The fourth-order valence-corrected chi connectivity index (χ4v) is 2.36. The van der Waals surface area contributed by atoms with Crippen LogP contribution < -0.4 is 5.32 Å². The highest BCUT2D eigenvalue weighted by atomic mass is 79.9. The molecule has 0 fully saturated rings. The summed E-state index contributed by atoms with van der Waals surface area (Å²) in [6.45, 7) is 1.88. The maximum atomic E-state index is 12.5. The van der Waals surface area contributed by atoms with E-state index in [0.29, 0.717) is 11.4 Å². The standard InChI is InChI=1S/C16H12BrN3O/c1-10-8-13(12-4-2-3-5-14(12)19-10)16(21)20-15-7-6-11(17)9-18-15/h2-9H,1H3,(H,18,20,21). The molecule has 0 aliphatic carbocycles. The molecule has 3 aromatic rings. The van der Waals surface area contributed by atoms with Gasteiger partial charge in [0.05, 0.1) is 11.1 Å². The van der Waals surface area contributed by atoms with E-state index in [0.717, 1.165) is 21.1 Å². The molecule has 0 radical (unpaired) electrons. The van der Waals surface area contributed by atoms with Gasteiger partial charge in [-0.05, 0) is 47.1 Å². The molecule has 0 spiro atoms. The normalized spacial score (nSPS) is 10.6. The number of fused-ring (bicyclic) bond motifs is 1. The summed E-state index contributed by atoms with van der Waals surface area (Å²) in [6.07, 6.45) is 1.64. The molecule has 2 aromatic heterocycles. The zero-order valence-corrected chi connectivity index (χ0v) is 12.9. The van der Waals surface area contributed by atoms with Gasteiger partial charge in [-0.3, -0.25) is 9.78 Å². The second kappa shape index (κ2) is 5.61. The van der Waals surface area contributed by atoms with Gasteiger partial charge in [-0.15, -0.1) is 0 Å². The Morgan fingerprint density at radius 1 is 1.19 bits per heavy atom. The van der Waals surface area contributed by atoms with Gasteiger partial charge in [-0.2, -0.15) is 0 Å². The largest absolute Gasteiger partial charge is 0.307 e. The summed E-state index contributed by atoms with van der Waals surface area (Å²) in [4.78, 5) is 21.1. The maximum absolute atomic E-state index is 12.5. The van der Waals surface area contributed by atoms with E-state index in [1.807, 2.05) is 37.3 Å². The number of hydrogen-bond acceptors (Lipinski definition) is 3. The fourth-order valence-electron chi connectivity index (χ4n) is 2.13. The smallest absolute Gasteiger partial charge is 0.257 e. The van der Waals surface area contributed by atoms with Crippen molar-refractivity contribution in [2.75, 3.05) is 5.32 Å². The second-order valence-corrected chi connectivity index (χ2v) is 5.56. The highest BCUT2D eigenvalue weighted by molar-refractivity contribution is 9.10. The van der Waals surface area contributed by atoms with Gasteiger partial charge >= 0.3 is 0 Å². The number of halogens is 1. The Morgan fingerprint density at radius 2 is 2.00 bits per heavy atom. The van der Waals surface area contributed by atoms with Crippen LogP contribution in [0.4, 0.5) is 5.82 Å².